The molecule has 2 amide bonds. The van der Waals surface area contributed by atoms with Gasteiger partial charge in [0.25, 0.3) is 0 Å². The number of para-hydroxylation sites is 1. The summed E-state index contributed by atoms with van der Waals surface area (Å²) in [6.45, 7) is 5.32. The second-order valence-electron chi connectivity index (χ2n) is 11.3. The number of rotatable bonds is 3. The van der Waals surface area contributed by atoms with Gasteiger partial charge < -0.3 is 9.80 Å². The first kappa shape index (κ1) is 23.4. The molecule has 2 unspecified atom stereocenters. The Labute approximate surface area is 213 Å². The quantitative estimate of drug-likeness (QED) is 0.709. The highest BCUT2D eigenvalue weighted by Gasteiger charge is 2.47. The first-order valence-electron chi connectivity index (χ1n) is 13.6. The third kappa shape index (κ3) is 3.98. The fourth-order valence-corrected chi connectivity index (χ4v) is 8.20. The van der Waals surface area contributed by atoms with E-state index in [1.807, 2.05) is 19.0 Å². The lowest BCUT2D eigenvalue weighted by molar-refractivity contribution is -0.767. The lowest BCUT2D eigenvalue weighted by Gasteiger charge is -2.50. The van der Waals surface area contributed by atoms with E-state index in [0.29, 0.717) is 18.1 Å². The van der Waals surface area contributed by atoms with Crippen molar-refractivity contribution in [2.45, 2.75) is 81.8 Å². The highest BCUT2D eigenvalue weighted by Crippen LogP contribution is 2.48. The van der Waals surface area contributed by atoms with Gasteiger partial charge in [0.15, 0.2) is 0 Å². The summed E-state index contributed by atoms with van der Waals surface area (Å²) < 4.78 is 4.56. The Kier molecular flexibility index (Phi) is 6.09. The Morgan fingerprint density at radius 2 is 1.74 bits per heavy atom. The van der Waals surface area contributed by atoms with Gasteiger partial charge in [-0.2, -0.15) is 4.37 Å². The highest BCUT2D eigenvalue weighted by atomic mass is 32.1. The normalized spacial score (nSPS) is 28.1. The minimum atomic E-state index is 0.174. The fraction of sp³-hybridized carbons (Fsp3) is 0.667. The average molecular weight is 496 g/mol. The van der Waals surface area contributed by atoms with Gasteiger partial charge in [0.2, 0.25) is 5.13 Å². The van der Waals surface area contributed by atoms with Crippen molar-refractivity contribution in [1.82, 2.24) is 14.3 Å². The number of fused-ring (bicyclic) bond motifs is 4. The number of benzene rings is 1. The molecular weight excluding hydrogens is 456 g/mol. The molecule has 2 bridgehead atoms. The van der Waals surface area contributed by atoms with Crippen LogP contribution >= 0.6 is 11.5 Å². The van der Waals surface area contributed by atoms with Crippen LogP contribution in [0.25, 0.3) is 0 Å². The molecule has 3 saturated heterocycles. The summed E-state index contributed by atoms with van der Waals surface area (Å²) in [5.41, 5.74) is 2.76. The van der Waals surface area contributed by atoms with Crippen LogP contribution in [0, 0.1) is 0 Å². The number of aromatic nitrogens is 2. The van der Waals surface area contributed by atoms with Gasteiger partial charge in [0.1, 0.15) is 5.82 Å². The number of aryl methyl sites for hydroxylation is 1. The number of nitrogens with zero attached hydrogens (tertiary/aromatic N) is 5. The monoisotopic (exact) mass is 495 g/mol. The molecule has 2 atom stereocenters. The van der Waals surface area contributed by atoms with Crippen molar-refractivity contribution in [3.8, 4) is 0 Å². The third-order valence-corrected chi connectivity index (χ3v) is 9.99. The number of carbonyl (C=O) groups excluding carboxylic acids is 1. The van der Waals surface area contributed by atoms with Crippen LogP contribution in [0.4, 0.5) is 15.6 Å². The lowest BCUT2D eigenvalue weighted by atomic mass is 9.67. The molecule has 188 valence electrons. The summed E-state index contributed by atoms with van der Waals surface area (Å²) >= 11 is 1.60. The summed E-state index contributed by atoms with van der Waals surface area (Å²) in [6, 6.07) is 10.8. The maximum atomic E-state index is 12.9. The Bertz CT molecular complexity index is 1060. The van der Waals surface area contributed by atoms with Crippen molar-refractivity contribution in [2.75, 3.05) is 43.5 Å². The van der Waals surface area contributed by atoms with E-state index < -0.39 is 0 Å². The van der Waals surface area contributed by atoms with Crippen LogP contribution in [0.2, 0.25) is 0 Å². The Hall–Kier alpha value is -2.03. The van der Waals surface area contributed by atoms with Gasteiger partial charge in [-0.05, 0) is 69.7 Å². The van der Waals surface area contributed by atoms with Gasteiger partial charge in [0, 0.05) is 48.0 Å². The number of hydrogen-bond donors (Lipinski definition) is 1. The van der Waals surface area contributed by atoms with Crippen molar-refractivity contribution >= 4 is 28.4 Å². The van der Waals surface area contributed by atoms with Crippen LogP contribution in [-0.2, 0) is 11.8 Å². The standard InChI is InChI=1S/C27H38N6OS/c1-4-24-28-25(35-29-24)33-19-9-10-20(33)18-21(17-19)31-14-11-27(12-15-31)13-16-32(26(34)30(2)3)23-8-6-5-7-22(23)27/h5-8,19-21H,4,9-18H2,1-3H3/p+1. The van der Waals surface area contributed by atoms with Crippen molar-refractivity contribution in [2.24, 2.45) is 0 Å². The largest absolute Gasteiger partial charge is 0.421 e. The van der Waals surface area contributed by atoms with Crippen molar-refractivity contribution < 1.29 is 9.69 Å². The van der Waals surface area contributed by atoms with Crippen LogP contribution in [-0.4, -0.2) is 72.1 Å². The third-order valence-electron chi connectivity index (χ3n) is 9.23. The van der Waals surface area contributed by atoms with Crippen molar-refractivity contribution in [3.05, 3.63) is 35.7 Å². The zero-order valence-electron chi connectivity index (χ0n) is 21.4. The number of anilines is 2. The maximum absolute atomic E-state index is 12.9. The molecular formula is C27H39N6OS+. The highest BCUT2D eigenvalue weighted by molar-refractivity contribution is 7.09. The van der Waals surface area contributed by atoms with E-state index in [2.05, 4.69) is 45.4 Å². The molecule has 4 aliphatic rings. The predicted octanol–water partition coefficient (Wildman–Crippen LogP) is 3.11. The molecule has 2 aromatic rings. The van der Waals surface area contributed by atoms with Crippen molar-refractivity contribution in [1.29, 1.82) is 0 Å². The molecule has 1 aromatic heterocycles. The van der Waals surface area contributed by atoms with Crippen LogP contribution in [0.3, 0.4) is 0 Å². The van der Waals surface area contributed by atoms with E-state index in [0.717, 1.165) is 40.9 Å². The predicted molar refractivity (Wildman–Crippen MR) is 141 cm³/mol. The number of likely N-dealkylation sites (tertiary alicyclic amines) is 1. The first-order chi connectivity index (χ1) is 17.0. The van der Waals surface area contributed by atoms with Crippen LogP contribution in [0.1, 0.15) is 63.3 Å². The van der Waals surface area contributed by atoms with Crippen molar-refractivity contribution in [3.63, 3.8) is 0 Å². The van der Waals surface area contributed by atoms with Gasteiger partial charge in [-0.15, -0.1) is 0 Å². The summed E-state index contributed by atoms with van der Waals surface area (Å²) in [5.74, 6) is 0.993. The summed E-state index contributed by atoms with van der Waals surface area (Å²) in [4.78, 5) is 26.0. The molecule has 6 rings (SSSR count). The van der Waals surface area contributed by atoms with E-state index in [1.165, 1.54) is 57.2 Å². The summed E-state index contributed by atoms with van der Waals surface area (Å²) in [6.07, 6.45) is 9.51. The van der Waals surface area contributed by atoms with Crippen LogP contribution < -0.4 is 14.7 Å². The van der Waals surface area contributed by atoms with Gasteiger partial charge in [0.05, 0.1) is 19.8 Å². The molecule has 7 nitrogen and oxygen atoms in total. The van der Waals surface area contributed by atoms with E-state index in [-0.39, 0.29) is 11.4 Å². The zero-order valence-corrected chi connectivity index (χ0v) is 22.2. The molecule has 5 heterocycles. The molecule has 1 N–H and O–H groups in total. The smallest absolute Gasteiger partial charge is 0.341 e. The van der Waals surface area contributed by atoms with Crippen LogP contribution in [0.15, 0.2) is 24.3 Å². The lowest BCUT2D eigenvalue weighted by Crippen LogP contribution is -3.10. The summed E-state index contributed by atoms with van der Waals surface area (Å²) in [7, 11) is 3.86. The van der Waals surface area contributed by atoms with Crippen LogP contribution in [0.5, 0.6) is 0 Å². The van der Waals surface area contributed by atoms with Gasteiger partial charge in [-0.1, -0.05) is 25.1 Å². The molecule has 8 heteroatoms. The molecule has 0 aliphatic carbocycles. The molecule has 0 saturated carbocycles. The molecule has 35 heavy (non-hydrogen) atoms. The minimum absolute atomic E-state index is 0.174. The topological polar surface area (TPSA) is 57.0 Å². The van der Waals surface area contributed by atoms with Gasteiger partial charge >= 0.3 is 6.03 Å². The Morgan fingerprint density at radius 1 is 1.06 bits per heavy atom. The number of carbonyl (C=O) groups is 1. The number of quaternary nitrogens is 1. The Balaban J connectivity index is 1.15. The number of piperidine rings is 2. The second-order valence-corrected chi connectivity index (χ2v) is 12.0. The molecule has 4 aliphatic heterocycles. The second kappa shape index (κ2) is 9.12. The zero-order chi connectivity index (χ0) is 24.2. The van der Waals surface area contributed by atoms with E-state index >= 15 is 0 Å². The molecule has 1 spiro atoms. The number of amides is 2. The van der Waals surface area contributed by atoms with E-state index in [4.69, 9.17) is 4.98 Å². The molecule has 0 radical (unpaired) electrons. The molecule has 1 aromatic carbocycles. The van der Waals surface area contributed by atoms with E-state index in [1.54, 1.807) is 11.5 Å². The number of nitrogens with one attached hydrogen (secondary N) is 1. The van der Waals surface area contributed by atoms with Gasteiger partial charge in [-0.3, -0.25) is 9.80 Å². The number of urea groups is 1. The van der Waals surface area contributed by atoms with E-state index in [9.17, 15) is 4.79 Å². The SMILES string of the molecule is CCc1nsc(N2C3CCC2CC(N2CCC4(CCN(C(=O)[NH+](C)C)c5ccccc54)CC2)C3)n1. The van der Waals surface area contributed by atoms with Gasteiger partial charge in [-0.25, -0.2) is 9.78 Å². The Morgan fingerprint density at radius 3 is 2.40 bits per heavy atom. The minimum Gasteiger partial charge on any atom is -0.341 e. The first-order valence-corrected chi connectivity index (χ1v) is 14.3. The number of hydrogen-bond acceptors (Lipinski definition) is 6. The summed E-state index contributed by atoms with van der Waals surface area (Å²) in [5, 5.41) is 1.16. The average Bonchev–Trinajstić information content (AvgIpc) is 3.45. The maximum Gasteiger partial charge on any atom is 0.421 e. The fourth-order valence-electron chi connectivity index (χ4n) is 7.31. The molecule has 3 fully saturated rings.